The van der Waals surface area contributed by atoms with Crippen molar-refractivity contribution in [1.82, 2.24) is 5.32 Å². The monoisotopic (exact) mass is 249 g/mol. The lowest BCUT2D eigenvalue weighted by molar-refractivity contribution is -0.139. The first kappa shape index (κ1) is 13.1. The SMILES string of the molecule is O=C(COc1ccc(O)cc1)NCC(F)(F)F. The van der Waals surface area contributed by atoms with Crippen molar-refractivity contribution in [2.45, 2.75) is 6.18 Å². The maximum Gasteiger partial charge on any atom is 0.405 e. The number of ether oxygens (including phenoxy) is 1. The molecule has 1 aromatic carbocycles. The van der Waals surface area contributed by atoms with Gasteiger partial charge in [-0.1, -0.05) is 0 Å². The van der Waals surface area contributed by atoms with Crippen LogP contribution in [0.15, 0.2) is 24.3 Å². The molecule has 1 rings (SSSR count). The lowest BCUT2D eigenvalue weighted by Gasteiger charge is -2.09. The van der Waals surface area contributed by atoms with Crippen LogP contribution in [0.1, 0.15) is 0 Å². The third-order valence-electron chi connectivity index (χ3n) is 1.69. The van der Waals surface area contributed by atoms with Crippen LogP contribution in [0.4, 0.5) is 13.2 Å². The number of phenols is 1. The lowest BCUT2D eigenvalue weighted by Crippen LogP contribution is -2.36. The molecule has 0 aromatic heterocycles. The molecule has 0 radical (unpaired) electrons. The highest BCUT2D eigenvalue weighted by Gasteiger charge is 2.27. The van der Waals surface area contributed by atoms with Gasteiger partial charge in [-0.15, -0.1) is 0 Å². The summed E-state index contributed by atoms with van der Waals surface area (Å²) >= 11 is 0. The topological polar surface area (TPSA) is 58.6 Å². The molecule has 7 heteroatoms. The number of nitrogens with one attached hydrogen (secondary N) is 1. The summed E-state index contributed by atoms with van der Waals surface area (Å²) in [5, 5.41) is 10.6. The summed E-state index contributed by atoms with van der Waals surface area (Å²) in [5.41, 5.74) is 0. The molecule has 0 bridgehead atoms. The van der Waals surface area contributed by atoms with Crippen molar-refractivity contribution in [1.29, 1.82) is 0 Å². The molecule has 94 valence electrons. The Bertz CT molecular complexity index is 375. The molecule has 17 heavy (non-hydrogen) atoms. The zero-order valence-corrected chi connectivity index (χ0v) is 8.62. The first-order chi connectivity index (χ1) is 7.87. The van der Waals surface area contributed by atoms with Crippen molar-refractivity contribution in [3.8, 4) is 11.5 Å². The Morgan fingerprint density at radius 1 is 1.29 bits per heavy atom. The molecule has 0 aliphatic rings. The lowest BCUT2D eigenvalue weighted by atomic mass is 10.3. The van der Waals surface area contributed by atoms with E-state index in [1.54, 1.807) is 5.32 Å². The van der Waals surface area contributed by atoms with Crippen molar-refractivity contribution in [2.75, 3.05) is 13.2 Å². The third kappa shape index (κ3) is 5.64. The molecule has 0 saturated heterocycles. The molecule has 1 aromatic rings. The molecule has 0 atom stereocenters. The number of carbonyl (C=O) groups excluding carboxylic acids is 1. The summed E-state index contributed by atoms with van der Waals surface area (Å²) in [5.74, 6) is -0.556. The summed E-state index contributed by atoms with van der Waals surface area (Å²) in [4.78, 5) is 10.9. The van der Waals surface area contributed by atoms with E-state index in [1.165, 1.54) is 24.3 Å². The fourth-order valence-electron chi connectivity index (χ4n) is 0.941. The van der Waals surface area contributed by atoms with Crippen molar-refractivity contribution in [2.24, 2.45) is 0 Å². The zero-order valence-electron chi connectivity index (χ0n) is 8.62. The van der Waals surface area contributed by atoms with Gasteiger partial charge >= 0.3 is 6.18 Å². The fraction of sp³-hybridized carbons (Fsp3) is 0.300. The van der Waals surface area contributed by atoms with Gasteiger partial charge in [-0.2, -0.15) is 13.2 Å². The van der Waals surface area contributed by atoms with Crippen molar-refractivity contribution >= 4 is 5.91 Å². The van der Waals surface area contributed by atoms with Gasteiger partial charge in [-0.05, 0) is 24.3 Å². The van der Waals surface area contributed by atoms with Crippen molar-refractivity contribution < 1.29 is 27.8 Å². The number of benzene rings is 1. The third-order valence-corrected chi connectivity index (χ3v) is 1.69. The van der Waals surface area contributed by atoms with Crippen LogP contribution in [0.25, 0.3) is 0 Å². The number of hydrogen-bond donors (Lipinski definition) is 2. The van der Waals surface area contributed by atoms with Crippen LogP contribution in [0.3, 0.4) is 0 Å². The summed E-state index contributed by atoms with van der Waals surface area (Å²) in [7, 11) is 0. The number of alkyl halides is 3. The van der Waals surface area contributed by atoms with Gasteiger partial charge < -0.3 is 15.2 Å². The quantitative estimate of drug-likeness (QED) is 0.849. The molecular formula is C10H10F3NO3. The molecular weight excluding hydrogens is 239 g/mol. The van der Waals surface area contributed by atoms with Crippen LogP contribution >= 0.6 is 0 Å². The molecule has 0 heterocycles. The molecule has 0 aliphatic heterocycles. The van der Waals surface area contributed by atoms with Gasteiger partial charge in [0.25, 0.3) is 5.91 Å². The van der Waals surface area contributed by atoms with E-state index in [1.807, 2.05) is 0 Å². The average Bonchev–Trinajstić information content (AvgIpc) is 2.25. The zero-order chi connectivity index (χ0) is 12.9. The van der Waals surface area contributed by atoms with Gasteiger partial charge in [-0.3, -0.25) is 4.79 Å². The van der Waals surface area contributed by atoms with E-state index in [-0.39, 0.29) is 11.5 Å². The number of aromatic hydroxyl groups is 1. The van der Waals surface area contributed by atoms with Crippen LogP contribution in [0.2, 0.25) is 0 Å². The fourth-order valence-corrected chi connectivity index (χ4v) is 0.941. The van der Waals surface area contributed by atoms with E-state index < -0.39 is 25.2 Å². The van der Waals surface area contributed by atoms with Crippen LogP contribution in [-0.4, -0.2) is 30.3 Å². The molecule has 0 fully saturated rings. The number of phenolic OH excluding ortho intramolecular Hbond substituents is 1. The van der Waals surface area contributed by atoms with Crippen LogP contribution in [-0.2, 0) is 4.79 Å². The van der Waals surface area contributed by atoms with Crippen LogP contribution < -0.4 is 10.1 Å². The van der Waals surface area contributed by atoms with E-state index in [2.05, 4.69) is 0 Å². The largest absolute Gasteiger partial charge is 0.508 e. The number of hydrogen-bond acceptors (Lipinski definition) is 3. The summed E-state index contributed by atoms with van der Waals surface area (Å²) in [6.45, 7) is -1.90. The number of carbonyl (C=O) groups is 1. The van der Waals surface area contributed by atoms with E-state index in [0.717, 1.165) is 0 Å². The first-order valence-electron chi connectivity index (χ1n) is 4.62. The molecule has 0 spiro atoms. The predicted octanol–water partition coefficient (Wildman–Crippen LogP) is 1.45. The minimum atomic E-state index is -4.44. The Kier molecular flexibility index (Phi) is 4.19. The highest BCUT2D eigenvalue weighted by atomic mass is 19.4. The molecule has 0 saturated carbocycles. The second-order valence-electron chi connectivity index (χ2n) is 3.17. The van der Waals surface area contributed by atoms with Gasteiger partial charge in [0.15, 0.2) is 6.61 Å². The standard InChI is InChI=1S/C10H10F3NO3/c11-10(12,13)6-14-9(16)5-17-8-3-1-7(15)2-4-8/h1-4,15H,5-6H2,(H,14,16). The maximum atomic E-state index is 11.7. The second-order valence-corrected chi connectivity index (χ2v) is 3.17. The molecule has 0 aliphatic carbocycles. The molecule has 4 nitrogen and oxygen atoms in total. The normalized spacial score (nSPS) is 11.0. The van der Waals surface area contributed by atoms with Crippen LogP contribution in [0.5, 0.6) is 11.5 Å². The van der Waals surface area contributed by atoms with E-state index in [0.29, 0.717) is 0 Å². The Labute approximate surface area is 95.0 Å². The number of rotatable bonds is 4. The molecule has 0 unspecified atom stereocenters. The summed E-state index contributed by atoms with van der Waals surface area (Å²) in [6.07, 6.45) is -4.44. The first-order valence-corrected chi connectivity index (χ1v) is 4.62. The molecule has 1 amide bonds. The Morgan fingerprint density at radius 3 is 2.41 bits per heavy atom. The number of amides is 1. The number of halogens is 3. The van der Waals surface area contributed by atoms with E-state index in [9.17, 15) is 18.0 Å². The minimum Gasteiger partial charge on any atom is -0.508 e. The summed E-state index contributed by atoms with van der Waals surface area (Å²) in [6, 6.07) is 5.46. The van der Waals surface area contributed by atoms with E-state index in [4.69, 9.17) is 9.84 Å². The van der Waals surface area contributed by atoms with Crippen LogP contribution in [0, 0.1) is 0 Å². The predicted molar refractivity (Wildman–Crippen MR) is 52.7 cm³/mol. The Hall–Kier alpha value is -1.92. The van der Waals surface area contributed by atoms with Gasteiger partial charge in [0.2, 0.25) is 0 Å². The maximum absolute atomic E-state index is 11.7. The highest BCUT2D eigenvalue weighted by molar-refractivity contribution is 5.77. The highest BCUT2D eigenvalue weighted by Crippen LogP contribution is 2.15. The minimum absolute atomic E-state index is 0.0267. The molecule has 2 N–H and O–H groups in total. The Morgan fingerprint density at radius 2 is 1.88 bits per heavy atom. The van der Waals surface area contributed by atoms with Gasteiger partial charge in [0, 0.05) is 0 Å². The van der Waals surface area contributed by atoms with Crippen molar-refractivity contribution in [3.05, 3.63) is 24.3 Å². The summed E-state index contributed by atoms with van der Waals surface area (Å²) < 4.78 is 40.1. The van der Waals surface area contributed by atoms with E-state index >= 15 is 0 Å². The second kappa shape index (κ2) is 5.42. The Balaban J connectivity index is 2.31. The van der Waals surface area contributed by atoms with Gasteiger partial charge in [0.05, 0.1) is 0 Å². The average molecular weight is 249 g/mol. The van der Waals surface area contributed by atoms with Gasteiger partial charge in [-0.25, -0.2) is 0 Å². The smallest absolute Gasteiger partial charge is 0.405 e. The van der Waals surface area contributed by atoms with Gasteiger partial charge in [0.1, 0.15) is 18.0 Å². The van der Waals surface area contributed by atoms with Crippen molar-refractivity contribution in [3.63, 3.8) is 0 Å².